The van der Waals surface area contributed by atoms with Crippen molar-refractivity contribution in [1.29, 1.82) is 0 Å². The predicted molar refractivity (Wildman–Crippen MR) is 93.4 cm³/mol. The van der Waals surface area contributed by atoms with E-state index in [0.717, 1.165) is 38.5 Å². The van der Waals surface area contributed by atoms with Crippen molar-refractivity contribution in [1.82, 2.24) is 15.8 Å². The van der Waals surface area contributed by atoms with Gasteiger partial charge in [0.2, 0.25) is 5.91 Å². The van der Waals surface area contributed by atoms with E-state index in [9.17, 15) is 9.59 Å². The minimum Gasteiger partial charge on any atom is -0.351 e. The minimum absolute atomic E-state index is 0.138. The van der Waals surface area contributed by atoms with E-state index in [2.05, 4.69) is 31.7 Å². The van der Waals surface area contributed by atoms with Crippen LogP contribution in [-0.2, 0) is 14.4 Å². The molecule has 2 heterocycles. The van der Waals surface area contributed by atoms with Crippen LogP contribution in [0.5, 0.6) is 0 Å². The van der Waals surface area contributed by atoms with Gasteiger partial charge in [-0.25, -0.2) is 15.3 Å². The second-order valence-corrected chi connectivity index (χ2v) is 7.63. The number of halogens is 1. The Labute approximate surface area is 153 Å². The number of nitrogens with one attached hydrogen (secondary N) is 2. The van der Waals surface area contributed by atoms with Gasteiger partial charge in [0.15, 0.2) is 10.2 Å². The molecule has 0 aromatic carbocycles. The molecule has 2 amide bonds. The lowest BCUT2D eigenvalue weighted by Gasteiger charge is -2.22. The van der Waals surface area contributed by atoms with E-state index in [0.29, 0.717) is 29.2 Å². The van der Waals surface area contributed by atoms with Gasteiger partial charge in [0.25, 0.3) is 5.91 Å². The highest BCUT2D eigenvalue weighted by molar-refractivity contribution is 9.11. The fourth-order valence-corrected chi connectivity index (χ4v) is 3.21. The maximum atomic E-state index is 11.8. The zero-order valence-electron chi connectivity index (χ0n) is 13.4. The number of carbonyl (C=O) groups excluding carboxylic acids is 2. The summed E-state index contributed by atoms with van der Waals surface area (Å²) in [5.74, 6) is -0.309. The van der Waals surface area contributed by atoms with E-state index < -0.39 is 0 Å². The quantitative estimate of drug-likeness (QED) is 0.474. The SMILES string of the molecule is O=C(CCCCCNC(=O)c1csc(Br)n1)NOC1CCCCO1. The molecule has 1 aliphatic rings. The van der Waals surface area contributed by atoms with Crippen LogP contribution in [0.15, 0.2) is 9.30 Å². The third-order valence-corrected chi connectivity index (χ3v) is 4.88. The topological polar surface area (TPSA) is 89.6 Å². The molecule has 1 aliphatic heterocycles. The number of amides is 2. The number of rotatable bonds is 9. The smallest absolute Gasteiger partial charge is 0.270 e. The lowest BCUT2D eigenvalue weighted by Crippen LogP contribution is -2.33. The zero-order valence-corrected chi connectivity index (χ0v) is 15.8. The highest BCUT2D eigenvalue weighted by Crippen LogP contribution is 2.15. The van der Waals surface area contributed by atoms with E-state index in [-0.39, 0.29) is 18.1 Å². The maximum absolute atomic E-state index is 11.8. The fourth-order valence-electron chi connectivity index (χ4n) is 2.22. The third-order valence-electron chi connectivity index (χ3n) is 3.52. The number of hydrogen-bond donors (Lipinski definition) is 2. The molecule has 0 bridgehead atoms. The number of unbranched alkanes of at least 4 members (excludes halogenated alkanes) is 2. The summed E-state index contributed by atoms with van der Waals surface area (Å²) in [6.45, 7) is 1.26. The summed E-state index contributed by atoms with van der Waals surface area (Å²) in [6.07, 6.45) is 5.43. The number of carbonyl (C=O) groups is 2. The van der Waals surface area contributed by atoms with Crippen LogP contribution >= 0.6 is 27.3 Å². The first kappa shape index (κ1) is 19.3. The van der Waals surface area contributed by atoms with Crippen LogP contribution in [0.2, 0.25) is 0 Å². The number of hydrogen-bond acceptors (Lipinski definition) is 6. The van der Waals surface area contributed by atoms with E-state index >= 15 is 0 Å². The molecule has 0 aliphatic carbocycles. The van der Waals surface area contributed by atoms with Crippen LogP contribution in [0.1, 0.15) is 55.4 Å². The standard InChI is InChI=1S/C15H22BrN3O4S/c16-15-18-11(10-24-15)14(21)17-8-4-1-2-6-12(20)19-23-13-7-3-5-9-22-13/h10,13H,1-9H2,(H,17,21)(H,19,20). The number of thiazole rings is 1. The maximum Gasteiger partial charge on any atom is 0.270 e. The molecule has 1 aromatic heterocycles. The van der Waals surface area contributed by atoms with Crippen molar-refractivity contribution in [2.24, 2.45) is 0 Å². The number of nitrogens with zero attached hydrogens (tertiary/aromatic N) is 1. The zero-order chi connectivity index (χ0) is 17.2. The van der Waals surface area contributed by atoms with E-state index in [1.807, 2.05) is 0 Å². The van der Waals surface area contributed by atoms with Crippen LogP contribution in [-0.4, -0.2) is 36.2 Å². The van der Waals surface area contributed by atoms with Gasteiger partial charge in [0, 0.05) is 31.4 Å². The summed E-state index contributed by atoms with van der Waals surface area (Å²) < 4.78 is 6.06. The van der Waals surface area contributed by atoms with Crippen molar-refractivity contribution in [3.05, 3.63) is 15.0 Å². The van der Waals surface area contributed by atoms with Crippen molar-refractivity contribution in [2.75, 3.05) is 13.2 Å². The van der Waals surface area contributed by atoms with Gasteiger partial charge in [-0.2, -0.15) is 0 Å². The fraction of sp³-hybridized carbons (Fsp3) is 0.667. The molecule has 0 spiro atoms. The highest BCUT2D eigenvalue weighted by atomic mass is 79.9. The first-order valence-corrected chi connectivity index (χ1v) is 9.78. The van der Waals surface area contributed by atoms with E-state index in [1.54, 1.807) is 5.38 Å². The van der Waals surface area contributed by atoms with Gasteiger partial charge < -0.3 is 10.1 Å². The van der Waals surface area contributed by atoms with Crippen molar-refractivity contribution >= 4 is 39.1 Å². The molecule has 7 nitrogen and oxygen atoms in total. The highest BCUT2D eigenvalue weighted by Gasteiger charge is 2.15. The molecule has 1 fully saturated rings. The molecule has 1 aromatic rings. The Morgan fingerprint density at radius 1 is 1.38 bits per heavy atom. The Hall–Kier alpha value is -1.03. The first-order valence-electron chi connectivity index (χ1n) is 8.10. The lowest BCUT2D eigenvalue weighted by molar-refractivity contribution is -0.200. The van der Waals surface area contributed by atoms with Gasteiger partial charge in [0.05, 0.1) is 0 Å². The molecule has 24 heavy (non-hydrogen) atoms. The van der Waals surface area contributed by atoms with Crippen LogP contribution < -0.4 is 10.8 Å². The summed E-state index contributed by atoms with van der Waals surface area (Å²) in [7, 11) is 0. The number of aromatic nitrogens is 1. The average molecular weight is 420 g/mol. The summed E-state index contributed by atoms with van der Waals surface area (Å²) in [5, 5.41) is 4.52. The third kappa shape index (κ3) is 7.25. The molecule has 0 radical (unpaired) electrons. The van der Waals surface area contributed by atoms with Gasteiger partial charge >= 0.3 is 0 Å². The largest absolute Gasteiger partial charge is 0.351 e. The molecular weight excluding hydrogens is 398 g/mol. The van der Waals surface area contributed by atoms with E-state index in [1.165, 1.54) is 11.3 Å². The molecule has 2 N–H and O–H groups in total. The second kappa shape index (κ2) is 10.8. The molecule has 1 atom stereocenters. The number of hydroxylamine groups is 1. The van der Waals surface area contributed by atoms with Crippen molar-refractivity contribution < 1.29 is 19.2 Å². The Morgan fingerprint density at radius 2 is 2.25 bits per heavy atom. The molecular formula is C15H22BrN3O4S. The van der Waals surface area contributed by atoms with Crippen molar-refractivity contribution in [2.45, 2.75) is 51.2 Å². The predicted octanol–water partition coefficient (Wildman–Crippen LogP) is 2.77. The second-order valence-electron chi connectivity index (χ2n) is 5.49. The van der Waals surface area contributed by atoms with Gasteiger partial charge in [0.1, 0.15) is 5.69 Å². The number of ether oxygens (including phenoxy) is 1. The van der Waals surface area contributed by atoms with Gasteiger partial charge in [-0.15, -0.1) is 11.3 Å². The summed E-state index contributed by atoms with van der Waals surface area (Å²) in [5.41, 5.74) is 2.86. The van der Waals surface area contributed by atoms with Crippen molar-refractivity contribution in [3.8, 4) is 0 Å². The van der Waals surface area contributed by atoms with Crippen molar-refractivity contribution in [3.63, 3.8) is 0 Å². The Morgan fingerprint density at radius 3 is 2.96 bits per heavy atom. The Bertz CT molecular complexity index is 535. The van der Waals surface area contributed by atoms with Crippen LogP contribution in [0.3, 0.4) is 0 Å². The van der Waals surface area contributed by atoms with E-state index in [4.69, 9.17) is 9.57 Å². The summed E-state index contributed by atoms with van der Waals surface area (Å²) >= 11 is 4.60. The molecule has 9 heteroatoms. The average Bonchev–Trinajstić information content (AvgIpc) is 3.03. The summed E-state index contributed by atoms with van der Waals surface area (Å²) in [6, 6.07) is 0. The van der Waals surface area contributed by atoms with Crippen LogP contribution in [0.25, 0.3) is 0 Å². The first-order chi connectivity index (χ1) is 11.6. The Balaban J connectivity index is 1.45. The van der Waals surface area contributed by atoms with Crippen LogP contribution in [0.4, 0.5) is 0 Å². The summed E-state index contributed by atoms with van der Waals surface area (Å²) in [4.78, 5) is 32.7. The molecule has 134 valence electrons. The van der Waals surface area contributed by atoms with Crippen LogP contribution in [0, 0.1) is 0 Å². The monoisotopic (exact) mass is 419 g/mol. The lowest BCUT2D eigenvalue weighted by atomic mass is 10.2. The Kier molecular flexibility index (Phi) is 8.65. The van der Waals surface area contributed by atoms with Gasteiger partial charge in [-0.1, -0.05) is 6.42 Å². The minimum atomic E-state index is -0.316. The molecule has 0 saturated carbocycles. The van der Waals surface area contributed by atoms with Gasteiger partial charge in [-0.05, 0) is 41.6 Å². The normalized spacial score (nSPS) is 17.5. The molecule has 1 unspecified atom stereocenters. The molecule has 1 saturated heterocycles. The molecule has 2 rings (SSSR count). The van der Waals surface area contributed by atoms with Gasteiger partial charge in [-0.3, -0.25) is 9.59 Å².